The molecule has 0 atom stereocenters. The highest BCUT2D eigenvalue weighted by Crippen LogP contribution is 2.34. The van der Waals surface area contributed by atoms with Crippen LogP contribution in [0.15, 0.2) is 64.9 Å². The van der Waals surface area contributed by atoms with Crippen molar-refractivity contribution < 1.29 is 18.3 Å². The first kappa shape index (κ1) is 20.0. The molecule has 30 heavy (non-hydrogen) atoms. The number of aromatic nitrogens is 3. The van der Waals surface area contributed by atoms with Crippen LogP contribution in [0.2, 0.25) is 0 Å². The third kappa shape index (κ3) is 3.63. The zero-order chi connectivity index (χ0) is 21.5. The quantitative estimate of drug-likeness (QED) is 0.490. The molecule has 0 bridgehead atoms. The molecule has 2 aromatic carbocycles. The second-order valence-electron chi connectivity index (χ2n) is 6.49. The second kappa shape index (κ2) is 7.48. The third-order valence-corrected chi connectivity index (χ3v) is 6.26. The molecule has 0 radical (unpaired) electrons. The van der Waals surface area contributed by atoms with Crippen LogP contribution in [0.5, 0.6) is 0 Å². The molecular formula is C20H16N4O4S2. The number of nitrogens with zero attached hydrogens (tertiary/aromatic N) is 3. The predicted octanol–water partition coefficient (Wildman–Crippen LogP) is 3.32. The Kier molecular flexibility index (Phi) is 4.98. The second-order valence-corrected chi connectivity index (χ2v) is 8.89. The Morgan fingerprint density at radius 2 is 1.73 bits per heavy atom. The van der Waals surface area contributed by atoms with Crippen molar-refractivity contribution in [2.75, 3.05) is 0 Å². The molecule has 0 aliphatic heterocycles. The van der Waals surface area contributed by atoms with Crippen molar-refractivity contribution in [2.24, 2.45) is 5.14 Å². The summed E-state index contributed by atoms with van der Waals surface area (Å²) < 4.78 is 24.8. The number of thiazole rings is 1. The highest BCUT2D eigenvalue weighted by molar-refractivity contribution is 7.89. The summed E-state index contributed by atoms with van der Waals surface area (Å²) in [6.45, 7) is 1.90. The van der Waals surface area contributed by atoms with E-state index >= 15 is 0 Å². The van der Waals surface area contributed by atoms with Crippen molar-refractivity contribution in [1.29, 1.82) is 0 Å². The smallest absolute Gasteiger partial charge is 0.355 e. The Balaban J connectivity index is 1.93. The molecule has 0 aliphatic rings. The van der Waals surface area contributed by atoms with Gasteiger partial charge in [0.1, 0.15) is 0 Å². The van der Waals surface area contributed by atoms with Crippen molar-refractivity contribution in [3.05, 3.63) is 71.2 Å². The normalized spacial score (nSPS) is 11.5. The summed E-state index contributed by atoms with van der Waals surface area (Å²) in [7, 11) is -3.82. The maximum Gasteiger partial charge on any atom is 0.355 e. The predicted molar refractivity (Wildman–Crippen MR) is 113 cm³/mol. The molecule has 8 nitrogen and oxygen atoms in total. The molecule has 0 saturated carbocycles. The van der Waals surface area contributed by atoms with Gasteiger partial charge in [-0.05, 0) is 19.1 Å². The number of aromatic carboxylic acids is 1. The van der Waals surface area contributed by atoms with Crippen LogP contribution in [0.4, 0.5) is 0 Å². The van der Waals surface area contributed by atoms with Gasteiger partial charge in [0.05, 0.1) is 16.3 Å². The van der Waals surface area contributed by atoms with Crippen molar-refractivity contribution in [3.8, 4) is 27.6 Å². The molecular weight excluding hydrogens is 424 g/mol. The zero-order valence-corrected chi connectivity index (χ0v) is 17.3. The van der Waals surface area contributed by atoms with E-state index in [1.54, 1.807) is 16.8 Å². The summed E-state index contributed by atoms with van der Waals surface area (Å²) in [5, 5.41) is 21.0. The Hall–Kier alpha value is -3.34. The maximum absolute atomic E-state index is 11.6. The molecule has 0 fully saturated rings. The Morgan fingerprint density at radius 1 is 1.07 bits per heavy atom. The van der Waals surface area contributed by atoms with Gasteiger partial charge in [0, 0.05) is 22.1 Å². The molecule has 0 spiro atoms. The van der Waals surface area contributed by atoms with E-state index in [9.17, 15) is 18.3 Å². The topological polar surface area (TPSA) is 128 Å². The summed E-state index contributed by atoms with van der Waals surface area (Å²) in [4.78, 5) is 15.4. The Bertz CT molecular complexity index is 1340. The number of rotatable bonds is 5. The number of nitrogens with two attached hydrogens (primary N) is 1. The van der Waals surface area contributed by atoms with E-state index in [4.69, 9.17) is 10.2 Å². The highest BCUT2D eigenvalue weighted by Gasteiger charge is 2.21. The summed E-state index contributed by atoms with van der Waals surface area (Å²) in [6.07, 6.45) is 0. The fourth-order valence-corrected chi connectivity index (χ4v) is 4.37. The van der Waals surface area contributed by atoms with Gasteiger partial charge in [-0.15, -0.1) is 11.3 Å². The molecule has 152 valence electrons. The molecule has 3 N–H and O–H groups in total. The van der Waals surface area contributed by atoms with E-state index in [1.807, 2.05) is 37.3 Å². The van der Waals surface area contributed by atoms with Gasteiger partial charge in [0.15, 0.2) is 5.69 Å². The van der Waals surface area contributed by atoms with E-state index < -0.39 is 16.0 Å². The molecule has 2 aromatic heterocycles. The van der Waals surface area contributed by atoms with E-state index in [-0.39, 0.29) is 10.6 Å². The average molecular weight is 441 g/mol. The number of primary sulfonamides is 1. The van der Waals surface area contributed by atoms with Gasteiger partial charge >= 0.3 is 5.97 Å². The fourth-order valence-electron chi connectivity index (χ4n) is 3.11. The first-order chi connectivity index (χ1) is 14.3. The van der Waals surface area contributed by atoms with Crippen LogP contribution < -0.4 is 5.14 Å². The van der Waals surface area contributed by atoms with E-state index in [1.165, 1.54) is 17.5 Å². The lowest BCUT2D eigenvalue weighted by Gasteiger charge is -2.07. The molecule has 4 aromatic rings. The van der Waals surface area contributed by atoms with Crippen molar-refractivity contribution in [3.63, 3.8) is 0 Å². The van der Waals surface area contributed by atoms with Crippen LogP contribution in [0.1, 0.15) is 16.1 Å². The van der Waals surface area contributed by atoms with Crippen LogP contribution in [-0.2, 0) is 10.0 Å². The highest BCUT2D eigenvalue weighted by atomic mass is 32.2. The van der Waals surface area contributed by atoms with Gasteiger partial charge in [-0.1, -0.05) is 42.5 Å². The summed E-state index contributed by atoms with van der Waals surface area (Å²) in [5.41, 5.74) is 3.76. The lowest BCUT2D eigenvalue weighted by Crippen LogP contribution is -2.11. The summed E-state index contributed by atoms with van der Waals surface area (Å²) in [5.74, 6) is -1.12. The number of hydrogen-bond acceptors (Lipinski definition) is 6. The van der Waals surface area contributed by atoms with Gasteiger partial charge < -0.3 is 5.11 Å². The summed E-state index contributed by atoms with van der Waals surface area (Å²) in [6, 6.07) is 15.7. The SMILES string of the molecule is Cc1c(-c2ccccc2)nn(-c2nc(C(=O)O)cs2)c1-c1ccc(S(N)(=O)=O)cc1. The van der Waals surface area contributed by atoms with E-state index in [2.05, 4.69) is 4.98 Å². The van der Waals surface area contributed by atoms with E-state index in [0.29, 0.717) is 22.1 Å². The minimum atomic E-state index is -3.82. The van der Waals surface area contributed by atoms with Gasteiger partial charge in [-0.25, -0.2) is 28.0 Å². The Labute approximate surface area is 176 Å². The van der Waals surface area contributed by atoms with Crippen LogP contribution in [0.25, 0.3) is 27.6 Å². The van der Waals surface area contributed by atoms with Gasteiger partial charge in [0.2, 0.25) is 15.2 Å². The average Bonchev–Trinajstić information content (AvgIpc) is 3.33. The maximum atomic E-state index is 11.6. The molecule has 2 heterocycles. The first-order valence-corrected chi connectivity index (χ1v) is 11.2. The minimum Gasteiger partial charge on any atom is -0.476 e. The van der Waals surface area contributed by atoms with Crippen molar-refractivity contribution >= 4 is 27.3 Å². The number of sulfonamides is 1. The standard InChI is InChI=1S/C20H16N4O4S2/c1-12-17(13-5-3-2-4-6-13)23-24(20-22-16(11-29-20)19(25)26)18(12)14-7-9-15(10-8-14)30(21,27)28/h2-11H,1H3,(H,25,26)(H2,21,27,28). The van der Waals surface area contributed by atoms with Crippen molar-refractivity contribution in [2.45, 2.75) is 11.8 Å². The number of carbonyl (C=O) groups is 1. The van der Waals surface area contributed by atoms with Crippen LogP contribution in [-0.4, -0.2) is 34.3 Å². The monoisotopic (exact) mass is 440 g/mol. The summed E-state index contributed by atoms with van der Waals surface area (Å²) >= 11 is 1.16. The molecule has 0 saturated heterocycles. The largest absolute Gasteiger partial charge is 0.476 e. The molecule has 10 heteroatoms. The third-order valence-electron chi connectivity index (χ3n) is 4.52. The fraction of sp³-hybridized carbons (Fsp3) is 0.0500. The zero-order valence-electron chi connectivity index (χ0n) is 15.7. The first-order valence-electron chi connectivity index (χ1n) is 8.73. The molecule has 0 unspecified atom stereocenters. The van der Waals surface area contributed by atoms with Crippen LogP contribution >= 0.6 is 11.3 Å². The van der Waals surface area contributed by atoms with Crippen molar-refractivity contribution in [1.82, 2.24) is 14.8 Å². The minimum absolute atomic E-state index is 0.000614. The molecule has 0 amide bonds. The van der Waals surface area contributed by atoms with E-state index in [0.717, 1.165) is 22.5 Å². The Morgan fingerprint density at radius 3 is 2.30 bits per heavy atom. The number of benzene rings is 2. The van der Waals surface area contributed by atoms with Crippen LogP contribution in [0, 0.1) is 6.92 Å². The van der Waals surface area contributed by atoms with Crippen LogP contribution in [0.3, 0.4) is 0 Å². The van der Waals surface area contributed by atoms with Gasteiger partial charge in [0.25, 0.3) is 0 Å². The number of carboxylic acid groups (broad SMARTS) is 1. The number of carboxylic acids is 1. The van der Waals surface area contributed by atoms with Gasteiger partial charge in [-0.3, -0.25) is 0 Å². The molecule has 0 aliphatic carbocycles. The van der Waals surface area contributed by atoms with Gasteiger partial charge in [-0.2, -0.15) is 5.10 Å². The number of hydrogen-bond donors (Lipinski definition) is 2. The lowest BCUT2D eigenvalue weighted by molar-refractivity contribution is 0.0691. The molecule has 4 rings (SSSR count). The lowest BCUT2D eigenvalue weighted by atomic mass is 10.0.